The molecule has 27 heavy (non-hydrogen) atoms. The van der Waals surface area contributed by atoms with Crippen molar-refractivity contribution in [2.24, 2.45) is 5.41 Å². The third kappa shape index (κ3) is 4.69. The van der Waals surface area contributed by atoms with Crippen molar-refractivity contribution in [2.45, 2.75) is 53.4 Å². The van der Waals surface area contributed by atoms with Gasteiger partial charge in [0.05, 0.1) is 10.6 Å². The highest BCUT2D eigenvalue weighted by Gasteiger charge is 2.23. The number of amides is 1. The predicted molar refractivity (Wildman–Crippen MR) is 111 cm³/mol. The maximum atomic E-state index is 13.0. The van der Waals surface area contributed by atoms with Crippen molar-refractivity contribution in [3.05, 3.63) is 52.6 Å². The number of hydrogen-bond donors (Lipinski definition) is 2. The van der Waals surface area contributed by atoms with Gasteiger partial charge in [0.2, 0.25) is 5.91 Å². The van der Waals surface area contributed by atoms with Crippen LogP contribution in [-0.4, -0.2) is 14.3 Å². The number of hydrogen-bond acceptors (Lipinski definition) is 3. The number of nitrogens with one attached hydrogen (secondary N) is 2. The van der Waals surface area contributed by atoms with Crippen molar-refractivity contribution < 1.29 is 13.2 Å². The number of carbonyl (C=O) groups is 1. The van der Waals surface area contributed by atoms with Crippen molar-refractivity contribution in [2.75, 3.05) is 10.0 Å². The second-order valence-corrected chi connectivity index (χ2v) is 9.60. The van der Waals surface area contributed by atoms with Gasteiger partial charge in [-0.05, 0) is 68.1 Å². The largest absolute Gasteiger partial charge is 0.326 e. The highest BCUT2D eigenvalue weighted by molar-refractivity contribution is 7.92. The second-order valence-electron chi connectivity index (χ2n) is 7.98. The van der Waals surface area contributed by atoms with Crippen LogP contribution in [0.4, 0.5) is 11.4 Å². The maximum Gasteiger partial charge on any atom is 0.262 e. The summed E-state index contributed by atoms with van der Waals surface area (Å²) in [5.74, 6) is -0.136. The molecule has 0 aliphatic carbocycles. The zero-order chi connectivity index (χ0) is 20.6. The molecule has 6 heteroatoms. The smallest absolute Gasteiger partial charge is 0.262 e. The first kappa shape index (κ1) is 21.0. The van der Waals surface area contributed by atoms with E-state index >= 15 is 0 Å². The van der Waals surface area contributed by atoms with Crippen molar-refractivity contribution >= 4 is 27.3 Å². The summed E-state index contributed by atoms with van der Waals surface area (Å²) in [6, 6.07) is 8.71. The molecule has 1 amide bonds. The molecule has 0 heterocycles. The molecule has 0 bridgehead atoms. The lowest BCUT2D eigenvalue weighted by Gasteiger charge is -2.19. The fourth-order valence-corrected chi connectivity index (χ4v) is 4.44. The van der Waals surface area contributed by atoms with Crippen LogP contribution in [-0.2, 0) is 14.8 Å². The maximum absolute atomic E-state index is 13.0. The monoisotopic (exact) mass is 388 g/mol. The summed E-state index contributed by atoms with van der Waals surface area (Å²) < 4.78 is 28.7. The molecule has 5 nitrogen and oxygen atoms in total. The van der Waals surface area contributed by atoms with Gasteiger partial charge in [0.1, 0.15) is 0 Å². The average molecular weight is 389 g/mol. The molecule has 0 unspecified atom stereocenters. The van der Waals surface area contributed by atoms with Crippen LogP contribution in [0.3, 0.4) is 0 Å². The number of benzene rings is 2. The predicted octanol–water partition coefficient (Wildman–Crippen LogP) is 4.71. The molecule has 2 aromatic rings. The van der Waals surface area contributed by atoms with Crippen molar-refractivity contribution in [1.82, 2.24) is 0 Å². The minimum Gasteiger partial charge on any atom is -0.326 e. The topological polar surface area (TPSA) is 75.3 Å². The molecule has 0 aromatic heterocycles. The van der Waals surface area contributed by atoms with Crippen LogP contribution in [0, 0.1) is 33.1 Å². The molecule has 2 N–H and O–H groups in total. The molecular formula is C21H28N2O3S. The molecule has 0 aliphatic rings. The molecule has 0 aliphatic heterocycles. The minimum absolute atomic E-state index is 0.136. The van der Waals surface area contributed by atoms with Crippen LogP contribution < -0.4 is 10.0 Å². The van der Waals surface area contributed by atoms with Gasteiger partial charge in [-0.2, -0.15) is 0 Å². The molecule has 2 aromatic carbocycles. The zero-order valence-electron chi connectivity index (χ0n) is 17.0. The zero-order valence-corrected chi connectivity index (χ0v) is 17.8. The number of aryl methyl sites for hydroxylation is 2. The molecule has 0 saturated carbocycles. The highest BCUT2D eigenvalue weighted by Crippen LogP contribution is 2.28. The van der Waals surface area contributed by atoms with E-state index < -0.39 is 15.4 Å². The number of carbonyl (C=O) groups excluding carboxylic acids is 1. The lowest BCUT2D eigenvalue weighted by atomic mass is 9.95. The van der Waals surface area contributed by atoms with Gasteiger partial charge in [-0.15, -0.1) is 0 Å². The molecule has 0 atom stereocenters. The SMILES string of the molecule is Cc1cc(C)c(C)c(S(=O)(=O)Nc2cccc(NC(=O)C(C)(C)C)c2)c1C. The Labute approximate surface area is 162 Å². The van der Waals surface area contributed by atoms with E-state index in [0.29, 0.717) is 16.3 Å². The van der Waals surface area contributed by atoms with Gasteiger partial charge in [0.15, 0.2) is 0 Å². The molecule has 146 valence electrons. The molecule has 0 fully saturated rings. The van der Waals surface area contributed by atoms with Crippen molar-refractivity contribution in [3.8, 4) is 0 Å². The van der Waals surface area contributed by atoms with Gasteiger partial charge in [-0.3, -0.25) is 9.52 Å². The summed E-state index contributed by atoms with van der Waals surface area (Å²) >= 11 is 0. The van der Waals surface area contributed by atoms with E-state index in [9.17, 15) is 13.2 Å². The van der Waals surface area contributed by atoms with Gasteiger partial charge in [-0.25, -0.2) is 8.42 Å². The standard InChI is InChI=1S/C21H28N2O3S/c1-13-11-14(2)16(4)19(15(13)3)27(25,26)23-18-10-8-9-17(12-18)22-20(24)21(5,6)7/h8-12,23H,1-7H3,(H,22,24). The van der Waals surface area contributed by atoms with Gasteiger partial charge < -0.3 is 5.32 Å². The van der Waals surface area contributed by atoms with Crippen LogP contribution in [0.25, 0.3) is 0 Å². The highest BCUT2D eigenvalue weighted by atomic mass is 32.2. The minimum atomic E-state index is -3.76. The Morgan fingerprint density at radius 2 is 1.41 bits per heavy atom. The average Bonchev–Trinajstić information content (AvgIpc) is 2.52. The van der Waals surface area contributed by atoms with Crippen LogP contribution in [0.15, 0.2) is 35.2 Å². The number of anilines is 2. The fraction of sp³-hybridized carbons (Fsp3) is 0.381. The van der Waals surface area contributed by atoms with E-state index in [4.69, 9.17) is 0 Å². The van der Waals surface area contributed by atoms with E-state index in [1.807, 2.05) is 54.5 Å². The van der Waals surface area contributed by atoms with Gasteiger partial charge in [-0.1, -0.05) is 32.9 Å². The van der Waals surface area contributed by atoms with Crippen LogP contribution in [0.1, 0.15) is 43.0 Å². The summed E-state index contributed by atoms with van der Waals surface area (Å²) in [5, 5.41) is 2.82. The Morgan fingerprint density at radius 3 is 1.93 bits per heavy atom. The Kier molecular flexibility index (Phi) is 5.71. The van der Waals surface area contributed by atoms with Crippen LogP contribution in [0.2, 0.25) is 0 Å². The van der Waals surface area contributed by atoms with E-state index in [0.717, 1.165) is 22.3 Å². The van der Waals surface area contributed by atoms with Crippen LogP contribution >= 0.6 is 0 Å². The summed E-state index contributed by atoms with van der Waals surface area (Å²) in [6.07, 6.45) is 0. The number of sulfonamides is 1. The Morgan fingerprint density at radius 1 is 0.889 bits per heavy atom. The third-order valence-electron chi connectivity index (χ3n) is 4.62. The summed E-state index contributed by atoms with van der Waals surface area (Å²) in [6.45, 7) is 12.9. The van der Waals surface area contributed by atoms with E-state index in [1.165, 1.54) is 0 Å². The third-order valence-corrected chi connectivity index (χ3v) is 6.27. The summed E-state index contributed by atoms with van der Waals surface area (Å²) in [4.78, 5) is 12.5. The van der Waals surface area contributed by atoms with E-state index in [1.54, 1.807) is 24.3 Å². The number of rotatable bonds is 4. The Hall–Kier alpha value is -2.34. The Bertz CT molecular complexity index is 961. The fourth-order valence-electron chi connectivity index (χ4n) is 2.77. The summed E-state index contributed by atoms with van der Waals surface area (Å²) in [5.41, 5.74) is 3.76. The first-order chi connectivity index (χ1) is 12.3. The molecule has 2 rings (SSSR count). The Balaban J connectivity index is 2.38. The normalized spacial score (nSPS) is 12.0. The molecule has 0 spiro atoms. The lowest BCUT2D eigenvalue weighted by molar-refractivity contribution is -0.123. The summed E-state index contributed by atoms with van der Waals surface area (Å²) in [7, 11) is -3.76. The van der Waals surface area contributed by atoms with Gasteiger partial charge in [0, 0.05) is 11.1 Å². The molecular weight excluding hydrogens is 360 g/mol. The first-order valence-corrected chi connectivity index (χ1v) is 10.3. The van der Waals surface area contributed by atoms with Crippen molar-refractivity contribution in [3.63, 3.8) is 0 Å². The van der Waals surface area contributed by atoms with E-state index in [-0.39, 0.29) is 5.91 Å². The molecule has 0 saturated heterocycles. The van der Waals surface area contributed by atoms with Crippen LogP contribution in [0.5, 0.6) is 0 Å². The quantitative estimate of drug-likeness (QED) is 0.797. The van der Waals surface area contributed by atoms with Gasteiger partial charge >= 0.3 is 0 Å². The molecule has 0 radical (unpaired) electrons. The second kappa shape index (κ2) is 7.35. The van der Waals surface area contributed by atoms with Crippen molar-refractivity contribution in [1.29, 1.82) is 0 Å². The first-order valence-electron chi connectivity index (χ1n) is 8.84. The van der Waals surface area contributed by atoms with E-state index in [2.05, 4.69) is 10.0 Å². The lowest BCUT2D eigenvalue weighted by Crippen LogP contribution is -2.27. The van der Waals surface area contributed by atoms with Gasteiger partial charge in [0.25, 0.3) is 10.0 Å².